The lowest BCUT2D eigenvalue weighted by atomic mass is 10.2. The van der Waals surface area contributed by atoms with E-state index in [1.807, 2.05) is 13.0 Å². The van der Waals surface area contributed by atoms with Gasteiger partial charge >= 0.3 is 0 Å². The Bertz CT molecular complexity index is 680. The molecule has 0 saturated heterocycles. The van der Waals surface area contributed by atoms with E-state index in [4.69, 9.17) is 5.73 Å². The Balaban J connectivity index is 2.29. The number of fused-ring (bicyclic) bond motifs is 1. The molecule has 2 N–H and O–H groups in total. The number of para-hydroxylation sites is 1. The number of carbonyl (C=O) groups excluding carboxylic acids is 1. The van der Waals surface area contributed by atoms with Gasteiger partial charge in [0, 0.05) is 19.6 Å². The molecule has 1 unspecified atom stereocenters. The van der Waals surface area contributed by atoms with Crippen LogP contribution in [0, 0.1) is 0 Å². The highest BCUT2D eigenvalue weighted by Crippen LogP contribution is 2.05. The normalized spacial score (nSPS) is 12.3. The van der Waals surface area contributed by atoms with Gasteiger partial charge in [0.05, 0.1) is 17.2 Å². The Hall–Kier alpha value is -2.21. The fraction of sp³-hybridized carbons (Fsp3) is 0.357. The lowest BCUT2D eigenvalue weighted by Gasteiger charge is -2.23. The molecule has 0 fully saturated rings. The molecule has 1 aromatic carbocycles. The van der Waals surface area contributed by atoms with Crippen molar-refractivity contribution < 1.29 is 4.79 Å². The fourth-order valence-corrected chi connectivity index (χ4v) is 1.88. The number of rotatable bonds is 4. The molecule has 2 aromatic rings. The Labute approximate surface area is 116 Å². The molecule has 0 aliphatic heterocycles. The number of likely N-dealkylation sites (N-methyl/N-ethyl adjacent to an activating group) is 1. The van der Waals surface area contributed by atoms with Crippen molar-refractivity contribution in [2.75, 3.05) is 13.6 Å². The minimum absolute atomic E-state index is 0.0303. The van der Waals surface area contributed by atoms with Crippen LogP contribution in [0.5, 0.6) is 0 Å². The van der Waals surface area contributed by atoms with Crippen molar-refractivity contribution in [1.82, 2.24) is 14.5 Å². The van der Waals surface area contributed by atoms with Crippen LogP contribution in [0.15, 0.2) is 35.4 Å². The highest BCUT2D eigenvalue weighted by atomic mass is 16.2. The number of amides is 1. The van der Waals surface area contributed by atoms with Crippen LogP contribution in [-0.2, 0) is 11.3 Å². The molecule has 1 amide bonds. The second kappa shape index (κ2) is 5.83. The minimum Gasteiger partial charge on any atom is -0.340 e. The van der Waals surface area contributed by atoms with Crippen LogP contribution in [0.4, 0.5) is 0 Å². The first-order valence-electron chi connectivity index (χ1n) is 6.44. The predicted octanol–water partition coefficient (Wildman–Crippen LogP) is 0.202. The zero-order valence-corrected chi connectivity index (χ0v) is 11.6. The van der Waals surface area contributed by atoms with Crippen molar-refractivity contribution in [2.24, 2.45) is 5.73 Å². The molecule has 0 bridgehead atoms. The first-order chi connectivity index (χ1) is 9.54. The van der Waals surface area contributed by atoms with Crippen molar-refractivity contribution in [2.45, 2.75) is 19.5 Å². The molecule has 0 radical (unpaired) electrons. The summed E-state index contributed by atoms with van der Waals surface area (Å²) in [6.45, 7) is 2.21. The molecule has 0 spiro atoms. The third-order valence-corrected chi connectivity index (χ3v) is 3.43. The Morgan fingerprint density at radius 2 is 2.15 bits per heavy atom. The van der Waals surface area contributed by atoms with Gasteiger partial charge in [-0.3, -0.25) is 14.2 Å². The van der Waals surface area contributed by atoms with Crippen molar-refractivity contribution in [3.8, 4) is 0 Å². The van der Waals surface area contributed by atoms with E-state index in [1.54, 1.807) is 30.1 Å². The molecule has 1 heterocycles. The highest BCUT2D eigenvalue weighted by molar-refractivity contribution is 5.79. The molecule has 1 aromatic heterocycles. The maximum absolute atomic E-state index is 12.3. The third-order valence-electron chi connectivity index (χ3n) is 3.43. The molecule has 0 aliphatic carbocycles. The summed E-state index contributed by atoms with van der Waals surface area (Å²) in [5, 5.41) is 0.511. The van der Waals surface area contributed by atoms with Crippen molar-refractivity contribution in [3.63, 3.8) is 0 Å². The van der Waals surface area contributed by atoms with Gasteiger partial charge in [0.15, 0.2) is 0 Å². The SMILES string of the molecule is CC(CN)N(C)C(=O)Cn1cnc2ccccc2c1=O. The van der Waals surface area contributed by atoms with E-state index in [2.05, 4.69) is 4.98 Å². The molecular formula is C14H18N4O2. The van der Waals surface area contributed by atoms with E-state index in [-0.39, 0.29) is 24.1 Å². The van der Waals surface area contributed by atoms with E-state index < -0.39 is 0 Å². The monoisotopic (exact) mass is 274 g/mol. The average molecular weight is 274 g/mol. The summed E-state index contributed by atoms with van der Waals surface area (Å²) < 4.78 is 1.32. The van der Waals surface area contributed by atoms with Gasteiger partial charge in [-0.1, -0.05) is 12.1 Å². The number of hydrogen-bond acceptors (Lipinski definition) is 4. The minimum atomic E-state index is -0.210. The summed E-state index contributed by atoms with van der Waals surface area (Å²) in [6, 6.07) is 7.01. The molecule has 2 rings (SSSR count). The van der Waals surface area contributed by atoms with Crippen LogP contribution < -0.4 is 11.3 Å². The molecule has 0 aliphatic rings. The van der Waals surface area contributed by atoms with Crippen LogP contribution >= 0.6 is 0 Å². The molecular weight excluding hydrogens is 256 g/mol. The zero-order chi connectivity index (χ0) is 14.7. The molecule has 6 nitrogen and oxygen atoms in total. The largest absolute Gasteiger partial charge is 0.340 e. The first kappa shape index (κ1) is 14.2. The Kier molecular flexibility index (Phi) is 4.14. The highest BCUT2D eigenvalue weighted by Gasteiger charge is 2.15. The van der Waals surface area contributed by atoms with E-state index in [1.165, 1.54) is 10.9 Å². The summed E-state index contributed by atoms with van der Waals surface area (Å²) in [5.41, 5.74) is 5.95. The quantitative estimate of drug-likeness (QED) is 0.863. The standard InChI is InChI=1S/C14H18N4O2/c1-10(7-15)17(2)13(19)8-18-9-16-12-6-4-3-5-11(12)14(18)20/h3-6,9-10H,7-8,15H2,1-2H3. The van der Waals surface area contributed by atoms with Gasteiger partial charge in [-0.2, -0.15) is 0 Å². The molecule has 1 atom stereocenters. The van der Waals surface area contributed by atoms with E-state index in [0.717, 1.165) is 0 Å². The lowest BCUT2D eigenvalue weighted by molar-refractivity contribution is -0.132. The van der Waals surface area contributed by atoms with Gasteiger partial charge in [0.1, 0.15) is 6.54 Å². The zero-order valence-electron chi connectivity index (χ0n) is 11.6. The molecule has 106 valence electrons. The third kappa shape index (κ3) is 2.70. The number of nitrogens with two attached hydrogens (primary N) is 1. The van der Waals surface area contributed by atoms with Crippen molar-refractivity contribution in [3.05, 3.63) is 40.9 Å². The summed E-state index contributed by atoms with van der Waals surface area (Å²) >= 11 is 0. The van der Waals surface area contributed by atoms with Crippen LogP contribution in [0.1, 0.15) is 6.92 Å². The van der Waals surface area contributed by atoms with Crippen LogP contribution in [-0.4, -0.2) is 40.0 Å². The number of nitrogens with zero attached hydrogens (tertiary/aromatic N) is 3. The lowest BCUT2D eigenvalue weighted by Crippen LogP contribution is -2.42. The Morgan fingerprint density at radius 1 is 1.45 bits per heavy atom. The summed E-state index contributed by atoms with van der Waals surface area (Å²) in [4.78, 5) is 30.1. The van der Waals surface area contributed by atoms with Crippen LogP contribution in [0.25, 0.3) is 10.9 Å². The van der Waals surface area contributed by atoms with Gasteiger partial charge in [-0.25, -0.2) is 4.98 Å². The van der Waals surface area contributed by atoms with Gasteiger partial charge < -0.3 is 10.6 Å². The van der Waals surface area contributed by atoms with Crippen LogP contribution in [0.2, 0.25) is 0 Å². The maximum atomic E-state index is 12.3. The second-order valence-electron chi connectivity index (χ2n) is 4.78. The Morgan fingerprint density at radius 3 is 2.85 bits per heavy atom. The second-order valence-corrected chi connectivity index (χ2v) is 4.78. The maximum Gasteiger partial charge on any atom is 0.261 e. The topological polar surface area (TPSA) is 81.2 Å². The van der Waals surface area contributed by atoms with Gasteiger partial charge in [-0.05, 0) is 19.1 Å². The van der Waals surface area contributed by atoms with E-state index in [0.29, 0.717) is 17.4 Å². The van der Waals surface area contributed by atoms with Crippen LogP contribution in [0.3, 0.4) is 0 Å². The number of carbonyl (C=O) groups is 1. The molecule has 20 heavy (non-hydrogen) atoms. The number of hydrogen-bond donors (Lipinski definition) is 1. The molecule has 0 saturated carbocycles. The smallest absolute Gasteiger partial charge is 0.261 e. The average Bonchev–Trinajstić information content (AvgIpc) is 2.48. The summed E-state index contributed by atoms with van der Waals surface area (Å²) in [7, 11) is 1.68. The predicted molar refractivity (Wildman–Crippen MR) is 77.3 cm³/mol. The van der Waals surface area contributed by atoms with Gasteiger partial charge in [0.2, 0.25) is 5.91 Å². The summed E-state index contributed by atoms with van der Waals surface area (Å²) in [5.74, 6) is -0.165. The summed E-state index contributed by atoms with van der Waals surface area (Å²) in [6.07, 6.45) is 1.41. The number of benzene rings is 1. The van der Waals surface area contributed by atoms with E-state index in [9.17, 15) is 9.59 Å². The van der Waals surface area contributed by atoms with Gasteiger partial charge in [0.25, 0.3) is 5.56 Å². The fourth-order valence-electron chi connectivity index (χ4n) is 1.88. The van der Waals surface area contributed by atoms with E-state index >= 15 is 0 Å². The van der Waals surface area contributed by atoms with Crippen molar-refractivity contribution >= 4 is 16.8 Å². The van der Waals surface area contributed by atoms with Gasteiger partial charge in [-0.15, -0.1) is 0 Å². The number of aromatic nitrogens is 2. The molecule has 6 heteroatoms. The van der Waals surface area contributed by atoms with Crippen molar-refractivity contribution in [1.29, 1.82) is 0 Å². The first-order valence-corrected chi connectivity index (χ1v) is 6.44.